The highest BCUT2D eigenvalue weighted by molar-refractivity contribution is 7.10. The zero-order chi connectivity index (χ0) is 19.2. The molecule has 7 heteroatoms. The minimum atomic E-state index is -0.336. The average molecular weight is 390 g/mol. The highest BCUT2D eigenvalue weighted by Gasteiger charge is 2.48. The van der Waals surface area contributed by atoms with Crippen LogP contribution in [0.3, 0.4) is 0 Å². The summed E-state index contributed by atoms with van der Waals surface area (Å²) < 4.78 is 25.1. The Morgan fingerprint density at radius 1 is 1.41 bits per heavy atom. The zero-order valence-corrected chi connectivity index (χ0v) is 16.5. The number of halogens is 1. The molecule has 1 aliphatic heterocycles. The van der Waals surface area contributed by atoms with Gasteiger partial charge in [0.1, 0.15) is 22.7 Å². The minimum absolute atomic E-state index is 0.0499. The molecule has 27 heavy (non-hydrogen) atoms. The lowest BCUT2D eigenvalue weighted by molar-refractivity contribution is -0.149. The number of methoxy groups -OCH3 is 1. The fraction of sp³-hybridized carbons (Fsp3) is 0.500. The van der Waals surface area contributed by atoms with Crippen LogP contribution in [-0.4, -0.2) is 42.1 Å². The van der Waals surface area contributed by atoms with Crippen molar-refractivity contribution in [3.63, 3.8) is 0 Å². The van der Waals surface area contributed by atoms with E-state index >= 15 is 0 Å². The van der Waals surface area contributed by atoms with Crippen molar-refractivity contribution in [2.45, 2.75) is 38.9 Å². The maximum absolute atomic E-state index is 13.7. The molecule has 2 atom stereocenters. The van der Waals surface area contributed by atoms with Crippen molar-refractivity contribution in [3.8, 4) is 17.0 Å². The second kappa shape index (κ2) is 6.87. The van der Waals surface area contributed by atoms with E-state index in [0.717, 1.165) is 17.8 Å². The van der Waals surface area contributed by atoms with Crippen molar-refractivity contribution in [2.75, 3.05) is 20.2 Å². The summed E-state index contributed by atoms with van der Waals surface area (Å²) in [5.41, 5.74) is 1.08. The van der Waals surface area contributed by atoms with E-state index in [4.69, 9.17) is 9.47 Å². The first-order valence-electron chi connectivity index (χ1n) is 9.14. The molecule has 2 aromatic rings. The van der Waals surface area contributed by atoms with Crippen LogP contribution in [0.2, 0.25) is 0 Å². The SMILES string of the molecule is COc1ccc(F)cc1-c1csc(C2CN(C(=O)C3(C)CC3)CC(C)O2)n1. The Labute approximate surface area is 162 Å². The molecule has 0 radical (unpaired) electrons. The Kier molecular flexibility index (Phi) is 4.68. The monoisotopic (exact) mass is 390 g/mol. The summed E-state index contributed by atoms with van der Waals surface area (Å²) in [5.74, 6) is 0.452. The van der Waals surface area contributed by atoms with Gasteiger partial charge in [-0.15, -0.1) is 11.3 Å². The summed E-state index contributed by atoms with van der Waals surface area (Å²) >= 11 is 1.46. The number of amides is 1. The van der Waals surface area contributed by atoms with Crippen LogP contribution in [-0.2, 0) is 9.53 Å². The first kappa shape index (κ1) is 18.4. The third-order valence-electron chi connectivity index (χ3n) is 5.30. The lowest BCUT2D eigenvalue weighted by Gasteiger charge is -2.37. The highest BCUT2D eigenvalue weighted by Crippen LogP contribution is 2.47. The molecule has 2 aliphatic rings. The van der Waals surface area contributed by atoms with E-state index in [9.17, 15) is 9.18 Å². The van der Waals surface area contributed by atoms with E-state index in [0.29, 0.717) is 30.1 Å². The van der Waals surface area contributed by atoms with Gasteiger partial charge in [-0.1, -0.05) is 6.92 Å². The molecule has 4 rings (SSSR count). The summed E-state index contributed by atoms with van der Waals surface area (Å²) in [6, 6.07) is 4.38. The average Bonchev–Trinajstić information content (AvgIpc) is 3.21. The fourth-order valence-electron chi connectivity index (χ4n) is 3.48. The minimum Gasteiger partial charge on any atom is -0.496 e. The number of hydrogen-bond donors (Lipinski definition) is 0. The summed E-state index contributed by atoms with van der Waals surface area (Å²) in [6.45, 7) is 5.13. The predicted molar refractivity (Wildman–Crippen MR) is 101 cm³/mol. The van der Waals surface area contributed by atoms with E-state index in [1.807, 2.05) is 24.1 Å². The van der Waals surface area contributed by atoms with Crippen molar-refractivity contribution < 1.29 is 18.7 Å². The quantitative estimate of drug-likeness (QED) is 0.790. The lowest BCUT2D eigenvalue weighted by Crippen LogP contribution is -2.48. The first-order chi connectivity index (χ1) is 12.9. The van der Waals surface area contributed by atoms with E-state index in [1.165, 1.54) is 23.5 Å². The Morgan fingerprint density at radius 3 is 2.89 bits per heavy atom. The molecule has 1 amide bonds. The molecule has 2 heterocycles. The Bertz CT molecular complexity index is 865. The normalized spacial score (nSPS) is 23.9. The lowest BCUT2D eigenvalue weighted by atomic mass is 10.1. The van der Waals surface area contributed by atoms with Crippen molar-refractivity contribution in [1.82, 2.24) is 9.88 Å². The summed E-state index contributed by atoms with van der Waals surface area (Å²) in [7, 11) is 1.55. The van der Waals surface area contributed by atoms with Crippen LogP contribution < -0.4 is 4.74 Å². The van der Waals surface area contributed by atoms with Crippen LogP contribution >= 0.6 is 11.3 Å². The van der Waals surface area contributed by atoms with Gasteiger partial charge < -0.3 is 14.4 Å². The van der Waals surface area contributed by atoms with Crippen LogP contribution in [0.25, 0.3) is 11.3 Å². The molecule has 1 aliphatic carbocycles. The molecule has 1 aromatic carbocycles. The molecule has 2 fully saturated rings. The number of carbonyl (C=O) groups excluding carboxylic acids is 1. The number of aromatic nitrogens is 1. The van der Waals surface area contributed by atoms with Crippen LogP contribution in [0, 0.1) is 11.2 Å². The summed E-state index contributed by atoms with van der Waals surface area (Å²) in [6.07, 6.45) is 1.61. The number of nitrogens with zero attached hydrogens (tertiary/aromatic N) is 2. The number of morpholine rings is 1. The van der Waals surface area contributed by atoms with Crippen LogP contribution in [0.15, 0.2) is 23.6 Å². The molecule has 144 valence electrons. The Morgan fingerprint density at radius 2 is 2.19 bits per heavy atom. The van der Waals surface area contributed by atoms with E-state index in [-0.39, 0.29) is 29.3 Å². The zero-order valence-electron chi connectivity index (χ0n) is 15.7. The van der Waals surface area contributed by atoms with Gasteiger partial charge in [0, 0.05) is 22.9 Å². The topological polar surface area (TPSA) is 51.7 Å². The first-order valence-corrected chi connectivity index (χ1v) is 10.0. The maximum atomic E-state index is 13.7. The Balaban J connectivity index is 1.57. The van der Waals surface area contributed by atoms with Gasteiger partial charge in [-0.3, -0.25) is 4.79 Å². The smallest absolute Gasteiger partial charge is 0.228 e. The largest absolute Gasteiger partial charge is 0.496 e. The predicted octanol–water partition coefficient (Wildman–Crippen LogP) is 4.05. The molecule has 5 nitrogen and oxygen atoms in total. The van der Waals surface area contributed by atoms with Crippen molar-refractivity contribution >= 4 is 17.2 Å². The van der Waals surface area contributed by atoms with E-state index < -0.39 is 0 Å². The number of rotatable bonds is 4. The van der Waals surface area contributed by atoms with Crippen molar-refractivity contribution in [2.24, 2.45) is 5.41 Å². The van der Waals surface area contributed by atoms with Gasteiger partial charge in [-0.2, -0.15) is 0 Å². The second-order valence-electron chi connectivity index (χ2n) is 7.62. The molecule has 1 saturated carbocycles. The molecule has 0 bridgehead atoms. The van der Waals surface area contributed by atoms with E-state index in [2.05, 4.69) is 4.98 Å². The number of hydrogen-bond acceptors (Lipinski definition) is 5. The Hall–Kier alpha value is -1.99. The van der Waals surface area contributed by atoms with Gasteiger partial charge in [-0.25, -0.2) is 9.37 Å². The van der Waals surface area contributed by atoms with E-state index in [1.54, 1.807) is 13.2 Å². The number of ether oxygens (including phenoxy) is 2. The van der Waals surface area contributed by atoms with Gasteiger partial charge in [0.2, 0.25) is 5.91 Å². The van der Waals surface area contributed by atoms with Gasteiger partial charge in [0.15, 0.2) is 0 Å². The van der Waals surface area contributed by atoms with Crippen LogP contribution in [0.4, 0.5) is 4.39 Å². The van der Waals surface area contributed by atoms with Gasteiger partial charge in [0.05, 0.1) is 25.5 Å². The van der Waals surface area contributed by atoms with Gasteiger partial charge in [0.25, 0.3) is 0 Å². The number of thiazole rings is 1. The van der Waals surface area contributed by atoms with Crippen molar-refractivity contribution in [3.05, 3.63) is 34.4 Å². The highest BCUT2D eigenvalue weighted by atomic mass is 32.1. The maximum Gasteiger partial charge on any atom is 0.228 e. The summed E-state index contributed by atoms with van der Waals surface area (Å²) in [5, 5.41) is 2.67. The molecule has 2 unspecified atom stereocenters. The van der Waals surface area contributed by atoms with Crippen molar-refractivity contribution in [1.29, 1.82) is 0 Å². The third-order valence-corrected chi connectivity index (χ3v) is 6.24. The molecule has 0 N–H and O–H groups in total. The fourth-order valence-corrected chi connectivity index (χ4v) is 4.32. The molecule has 1 saturated heterocycles. The van der Waals surface area contributed by atoms with Gasteiger partial charge >= 0.3 is 0 Å². The molecular weight excluding hydrogens is 367 g/mol. The molecular formula is C20H23FN2O3S. The van der Waals surface area contributed by atoms with Crippen LogP contribution in [0.5, 0.6) is 5.75 Å². The molecule has 0 spiro atoms. The standard InChI is InChI=1S/C20H23FN2O3S/c1-12-9-23(19(24)20(2)6-7-20)10-17(26-12)18-22-15(11-27-18)14-8-13(21)4-5-16(14)25-3/h4-5,8,11-12,17H,6-7,9-10H2,1-3H3. The molecule has 1 aromatic heterocycles. The summed E-state index contributed by atoms with van der Waals surface area (Å²) in [4.78, 5) is 19.3. The third kappa shape index (κ3) is 3.58. The number of benzene rings is 1. The van der Waals surface area contributed by atoms with Gasteiger partial charge in [-0.05, 0) is 38.0 Å². The number of carbonyl (C=O) groups is 1. The van der Waals surface area contributed by atoms with Crippen LogP contribution in [0.1, 0.15) is 37.8 Å². The second-order valence-corrected chi connectivity index (χ2v) is 8.51.